The molecular formula is C10H11N3OS. The van der Waals surface area contributed by atoms with Gasteiger partial charge in [0.2, 0.25) is 0 Å². The Balaban J connectivity index is 2.89. The van der Waals surface area contributed by atoms with Crippen LogP contribution in [0.3, 0.4) is 0 Å². The molecular weight excluding hydrogens is 210 g/mol. The molecule has 5 heteroatoms. The molecule has 15 heavy (non-hydrogen) atoms. The molecule has 2 rings (SSSR count). The maximum Gasteiger partial charge on any atom is 0.328 e. The van der Waals surface area contributed by atoms with Crippen molar-refractivity contribution in [3.63, 3.8) is 0 Å². The van der Waals surface area contributed by atoms with Crippen molar-refractivity contribution >= 4 is 28.2 Å². The van der Waals surface area contributed by atoms with E-state index in [1.807, 2.05) is 18.2 Å². The van der Waals surface area contributed by atoms with Gasteiger partial charge in [0.15, 0.2) is 0 Å². The second-order valence-corrected chi connectivity index (χ2v) is 3.91. The fourth-order valence-corrected chi connectivity index (χ4v) is 1.79. The number of nitrogens with zero attached hydrogens (tertiary/aromatic N) is 2. The zero-order valence-corrected chi connectivity index (χ0v) is 9.34. The van der Waals surface area contributed by atoms with Crippen LogP contribution in [0, 0.1) is 0 Å². The molecule has 0 saturated carbocycles. The fraction of sp³-hybridized carbons (Fsp3) is 0.200. The first-order chi connectivity index (χ1) is 7.02. The van der Waals surface area contributed by atoms with Crippen molar-refractivity contribution in [1.29, 1.82) is 0 Å². The normalized spacial score (nSPS) is 10.8. The van der Waals surface area contributed by atoms with Crippen molar-refractivity contribution in [2.24, 2.45) is 19.8 Å². The predicted molar refractivity (Wildman–Crippen MR) is 64.0 cm³/mol. The quantitative estimate of drug-likeness (QED) is 0.714. The lowest BCUT2D eigenvalue weighted by Gasteiger charge is -1.99. The summed E-state index contributed by atoms with van der Waals surface area (Å²) in [5, 5.41) is 0. The average Bonchev–Trinajstić information content (AvgIpc) is 2.44. The second kappa shape index (κ2) is 3.20. The monoisotopic (exact) mass is 221 g/mol. The second-order valence-electron chi connectivity index (χ2n) is 3.47. The minimum absolute atomic E-state index is 0.0508. The van der Waals surface area contributed by atoms with Crippen molar-refractivity contribution < 1.29 is 0 Å². The van der Waals surface area contributed by atoms with Crippen LogP contribution >= 0.6 is 12.2 Å². The third-order valence-corrected chi connectivity index (χ3v) is 2.79. The molecule has 0 fully saturated rings. The van der Waals surface area contributed by atoms with Crippen LogP contribution in [0.4, 0.5) is 0 Å². The van der Waals surface area contributed by atoms with E-state index in [9.17, 15) is 4.79 Å². The minimum atomic E-state index is -0.0508. The van der Waals surface area contributed by atoms with Gasteiger partial charge in [-0.15, -0.1) is 0 Å². The molecule has 0 unspecified atom stereocenters. The number of rotatable bonds is 1. The van der Waals surface area contributed by atoms with Gasteiger partial charge in [0.05, 0.1) is 11.0 Å². The topological polar surface area (TPSA) is 53.0 Å². The largest absolute Gasteiger partial charge is 0.389 e. The van der Waals surface area contributed by atoms with Gasteiger partial charge in [-0.05, 0) is 18.2 Å². The Hall–Kier alpha value is -1.62. The summed E-state index contributed by atoms with van der Waals surface area (Å²) in [5.74, 6) is 0. The molecule has 4 nitrogen and oxygen atoms in total. The molecule has 1 heterocycles. The molecule has 2 N–H and O–H groups in total. The van der Waals surface area contributed by atoms with E-state index in [-0.39, 0.29) is 5.69 Å². The molecule has 0 aliphatic rings. The van der Waals surface area contributed by atoms with Crippen LogP contribution in [0.2, 0.25) is 0 Å². The van der Waals surface area contributed by atoms with Gasteiger partial charge in [-0.3, -0.25) is 9.13 Å². The van der Waals surface area contributed by atoms with Crippen molar-refractivity contribution in [1.82, 2.24) is 9.13 Å². The number of aryl methyl sites for hydroxylation is 2. The summed E-state index contributed by atoms with van der Waals surface area (Å²) in [6.07, 6.45) is 0. The van der Waals surface area contributed by atoms with E-state index in [1.54, 1.807) is 23.2 Å². The Morgan fingerprint density at radius 1 is 1.27 bits per heavy atom. The van der Waals surface area contributed by atoms with Gasteiger partial charge in [0.1, 0.15) is 4.99 Å². The lowest BCUT2D eigenvalue weighted by molar-refractivity contribution is 0.795. The maximum absolute atomic E-state index is 11.6. The van der Waals surface area contributed by atoms with E-state index in [1.165, 1.54) is 0 Å². The number of nitrogens with two attached hydrogens (primary N) is 1. The molecule has 0 aliphatic carbocycles. The number of aromatic nitrogens is 2. The van der Waals surface area contributed by atoms with E-state index < -0.39 is 0 Å². The van der Waals surface area contributed by atoms with Crippen LogP contribution < -0.4 is 11.4 Å². The van der Waals surface area contributed by atoms with E-state index in [0.717, 1.165) is 16.6 Å². The van der Waals surface area contributed by atoms with Crippen LogP contribution in [0.15, 0.2) is 23.0 Å². The minimum Gasteiger partial charge on any atom is -0.389 e. The van der Waals surface area contributed by atoms with Crippen LogP contribution in [0.1, 0.15) is 5.56 Å². The summed E-state index contributed by atoms with van der Waals surface area (Å²) < 4.78 is 3.18. The van der Waals surface area contributed by atoms with E-state index in [2.05, 4.69) is 0 Å². The van der Waals surface area contributed by atoms with Gasteiger partial charge in [0, 0.05) is 19.7 Å². The van der Waals surface area contributed by atoms with Crippen molar-refractivity contribution in [2.75, 3.05) is 0 Å². The molecule has 0 spiro atoms. The fourth-order valence-electron chi connectivity index (χ4n) is 1.66. The van der Waals surface area contributed by atoms with E-state index in [0.29, 0.717) is 4.99 Å². The molecule has 0 radical (unpaired) electrons. The summed E-state index contributed by atoms with van der Waals surface area (Å²) in [5.41, 5.74) is 7.98. The summed E-state index contributed by atoms with van der Waals surface area (Å²) >= 11 is 4.89. The van der Waals surface area contributed by atoms with Gasteiger partial charge in [-0.1, -0.05) is 12.2 Å². The number of hydrogen-bond donors (Lipinski definition) is 1. The number of imidazole rings is 1. The van der Waals surface area contributed by atoms with Gasteiger partial charge >= 0.3 is 5.69 Å². The smallest absolute Gasteiger partial charge is 0.328 e. The molecule has 78 valence electrons. The lowest BCUT2D eigenvalue weighted by atomic mass is 10.2. The summed E-state index contributed by atoms with van der Waals surface area (Å²) in [4.78, 5) is 12.0. The first-order valence-corrected chi connectivity index (χ1v) is 4.88. The standard InChI is InChI=1S/C10H11N3OS/c1-12-7-4-3-6(9(11)15)5-8(7)13(2)10(12)14/h3-5H,1-2H3,(H2,11,15). The third-order valence-electron chi connectivity index (χ3n) is 2.56. The molecule has 1 aromatic carbocycles. The molecule has 0 atom stereocenters. The van der Waals surface area contributed by atoms with Gasteiger partial charge in [-0.2, -0.15) is 0 Å². The molecule has 0 bridgehead atoms. The Bertz CT molecular complexity index is 609. The predicted octanol–water partition coefficient (Wildman–Crippen LogP) is 0.511. The summed E-state index contributed by atoms with van der Waals surface area (Å²) in [7, 11) is 3.47. The highest BCUT2D eigenvalue weighted by Crippen LogP contribution is 2.13. The van der Waals surface area contributed by atoms with E-state index >= 15 is 0 Å². The number of thiocarbonyl (C=S) groups is 1. The van der Waals surface area contributed by atoms with Gasteiger partial charge in [0.25, 0.3) is 0 Å². The van der Waals surface area contributed by atoms with Crippen molar-refractivity contribution in [3.8, 4) is 0 Å². The molecule has 0 amide bonds. The highest BCUT2D eigenvalue weighted by molar-refractivity contribution is 7.80. The zero-order chi connectivity index (χ0) is 11.2. The molecule has 0 aliphatic heterocycles. The van der Waals surface area contributed by atoms with Crippen LogP contribution in [0.25, 0.3) is 11.0 Å². The summed E-state index contributed by atoms with van der Waals surface area (Å²) in [6, 6.07) is 5.51. The SMILES string of the molecule is Cn1c(=O)n(C)c2cc(C(N)=S)ccc21. The average molecular weight is 221 g/mol. The number of benzene rings is 1. The Morgan fingerprint density at radius 3 is 2.47 bits per heavy atom. The van der Waals surface area contributed by atoms with Crippen LogP contribution in [-0.2, 0) is 14.1 Å². The molecule has 0 saturated heterocycles. The van der Waals surface area contributed by atoms with Crippen LogP contribution in [0.5, 0.6) is 0 Å². The Labute approximate surface area is 91.9 Å². The highest BCUT2D eigenvalue weighted by atomic mass is 32.1. The number of fused-ring (bicyclic) bond motifs is 1. The third kappa shape index (κ3) is 1.35. The van der Waals surface area contributed by atoms with E-state index in [4.69, 9.17) is 18.0 Å². The maximum atomic E-state index is 11.6. The van der Waals surface area contributed by atoms with Crippen molar-refractivity contribution in [2.45, 2.75) is 0 Å². The van der Waals surface area contributed by atoms with Crippen LogP contribution in [-0.4, -0.2) is 14.1 Å². The first-order valence-electron chi connectivity index (χ1n) is 4.47. The number of hydrogen-bond acceptors (Lipinski definition) is 2. The van der Waals surface area contributed by atoms with Gasteiger partial charge in [-0.25, -0.2) is 4.79 Å². The highest BCUT2D eigenvalue weighted by Gasteiger charge is 2.08. The Morgan fingerprint density at radius 2 is 1.87 bits per heavy atom. The Kier molecular flexibility index (Phi) is 2.12. The summed E-state index contributed by atoms with van der Waals surface area (Å²) in [6.45, 7) is 0. The van der Waals surface area contributed by atoms with Gasteiger partial charge < -0.3 is 5.73 Å². The molecule has 1 aromatic heterocycles. The zero-order valence-electron chi connectivity index (χ0n) is 8.52. The van der Waals surface area contributed by atoms with Crippen molar-refractivity contribution in [3.05, 3.63) is 34.2 Å². The molecule has 2 aromatic rings. The first kappa shape index (κ1) is 9.92. The lowest BCUT2D eigenvalue weighted by Crippen LogP contribution is -2.19.